The number of aliphatic carboxylic acids is 1. The molecule has 0 aromatic heterocycles. The van der Waals surface area contributed by atoms with E-state index >= 15 is 0 Å². The van der Waals surface area contributed by atoms with Gasteiger partial charge in [-0.1, -0.05) is 13.8 Å². The van der Waals surface area contributed by atoms with Gasteiger partial charge < -0.3 is 25.8 Å². The van der Waals surface area contributed by atoms with Crippen molar-refractivity contribution in [3.8, 4) is 0 Å². The molecule has 0 saturated carbocycles. The number of urea groups is 1. The zero-order chi connectivity index (χ0) is 15.5. The second-order valence-electron chi connectivity index (χ2n) is 4.74. The molecule has 8 nitrogen and oxygen atoms in total. The Kier molecular flexibility index (Phi) is 9.10. The number of rotatable bonds is 10. The topological polar surface area (TPSA) is 122 Å². The van der Waals surface area contributed by atoms with Crippen LogP contribution in [0.4, 0.5) is 4.79 Å². The Labute approximate surface area is 118 Å². The first-order valence-corrected chi connectivity index (χ1v) is 6.43. The van der Waals surface area contributed by atoms with Crippen LogP contribution in [0.2, 0.25) is 0 Å². The van der Waals surface area contributed by atoms with Gasteiger partial charge in [-0.3, -0.25) is 9.59 Å². The zero-order valence-corrected chi connectivity index (χ0v) is 11.9. The van der Waals surface area contributed by atoms with E-state index in [1.807, 2.05) is 0 Å². The molecule has 0 fully saturated rings. The van der Waals surface area contributed by atoms with Crippen LogP contribution in [0.3, 0.4) is 0 Å². The van der Waals surface area contributed by atoms with Crippen LogP contribution < -0.4 is 11.1 Å². The predicted octanol–water partition coefficient (Wildman–Crippen LogP) is -0.369. The second kappa shape index (κ2) is 10.0. The molecule has 0 aromatic carbocycles. The molecule has 3 amide bonds. The predicted molar refractivity (Wildman–Crippen MR) is 72.1 cm³/mol. The highest BCUT2D eigenvalue weighted by Gasteiger charge is 2.18. The summed E-state index contributed by atoms with van der Waals surface area (Å²) < 4.78 is 5.30. The zero-order valence-electron chi connectivity index (χ0n) is 11.9. The fourth-order valence-corrected chi connectivity index (χ4v) is 1.31. The van der Waals surface area contributed by atoms with Crippen molar-refractivity contribution < 1.29 is 24.2 Å². The lowest BCUT2D eigenvalue weighted by Crippen LogP contribution is -2.47. The summed E-state index contributed by atoms with van der Waals surface area (Å²) in [6.07, 6.45) is 0.931. The molecule has 0 radical (unpaired) electrons. The number of primary amides is 1. The van der Waals surface area contributed by atoms with Crippen LogP contribution in [-0.2, 0) is 14.3 Å². The van der Waals surface area contributed by atoms with Crippen molar-refractivity contribution in [3.05, 3.63) is 0 Å². The molecule has 0 rings (SSSR count). The smallest absolute Gasteiger partial charge is 0.323 e. The maximum Gasteiger partial charge on any atom is 0.323 e. The van der Waals surface area contributed by atoms with Crippen molar-refractivity contribution in [2.24, 2.45) is 11.7 Å². The minimum absolute atomic E-state index is 0.242. The summed E-state index contributed by atoms with van der Waals surface area (Å²) in [5.74, 6) is -1.43. The number of carboxylic acid groups (broad SMARTS) is 1. The average molecular weight is 289 g/mol. The molecule has 0 atom stereocenters. The quantitative estimate of drug-likeness (QED) is 0.474. The molecule has 0 aliphatic carbocycles. The first kappa shape index (κ1) is 18.2. The molecule has 0 bridgehead atoms. The number of amides is 3. The fraction of sp³-hybridized carbons (Fsp3) is 0.750. The first-order chi connectivity index (χ1) is 9.32. The largest absolute Gasteiger partial charge is 0.480 e. The van der Waals surface area contributed by atoms with Gasteiger partial charge in [-0.05, 0) is 12.3 Å². The molecule has 0 spiro atoms. The molecule has 0 heterocycles. The van der Waals surface area contributed by atoms with Crippen LogP contribution in [-0.4, -0.2) is 60.8 Å². The third-order valence-electron chi connectivity index (χ3n) is 2.32. The number of carbonyl (C=O) groups excluding carboxylic acids is 2. The summed E-state index contributed by atoms with van der Waals surface area (Å²) in [7, 11) is 0. The van der Waals surface area contributed by atoms with E-state index in [1.165, 1.54) is 0 Å². The molecule has 0 aliphatic rings. The van der Waals surface area contributed by atoms with E-state index in [1.54, 1.807) is 0 Å². The standard InChI is InChI=1S/C12H23N3O5/c1-9(2)3-5-20-6-4-14-12(19)15(7-10(13)16)8-11(17)18/h9H,3-8H2,1-2H3,(H2,13,16)(H,14,19)(H,17,18). The van der Waals surface area contributed by atoms with E-state index in [0.29, 0.717) is 19.1 Å². The lowest BCUT2D eigenvalue weighted by molar-refractivity contribution is -0.137. The molecular formula is C12H23N3O5. The van der Waals surface area contributed by atoms with Crippen LogP contribution in [0, 0.1) is 5.92 Å². The summed E-state index contributed by atoms with van der Waals surface area (Å²) in [6.45, 7) is 4.32. The molecule has 20 heavy (non-hydrogen) atoms. The van der Waals surface area contributed by atoms with Gasteiger partial charge in [0.2, 0.25) is 5.91 Å². The van der Waals surface area contributed by atoms with E-state index in [2.05, 4.69) is 19.2 Å². The van der Waals surface area contributed by atoms with Gasteiger partial charge in [0.1, 0.15) is 13.1 Å². The van der Waals surface area contributed by atoms with E-state index in [0.717, 1.165) is 11.3 Å². The minimum Gasteiger partial charge on any atom is -0.480 e. The summed E-state index contributed by atoms with van der Waals surface area (Å²) in [4.78, 5) is 33.8. The van der Waals surface area contributed by atoms with Gasteiger partial charge in [-0.2, -0.15) is 0 Å². The average Bonchev–Trinajstić information content (AvgIpc) is 2.30. The van der Waals surface area contributed by atoms with Crippen LogP contribution >= 0.6 is 0 Å². The molecular weight excluding hydrogens is 266 g/mol. The number of nitrogens with one attached hydrogen (secondary N) is 1. The summed E-state index contributed by atoms with van der Waals surface area (Å²) >= 11 is 0. The Hall–Kier alpha value is -1.83. The Morgan fingerprint density at radius 1 is 1.25 bits per heavy atom. The van der Waals surface area contributed by atoms with Gasteiger partial charge in [0.25, 0.3) is 0 Å². The maximum absolute atomic E-state index is 11.6. The summed E-state index contributed by atoms with van der Waals surface area (Å²) in [5, 5.41) is 11.1. The molecule has 0 aromatic rings. The van der Waals surface area contributed by atoms with E-state index < -0.39 is 31.0 Å². The molecule has 4 N–H and O–H groups in total. The van der Waals surface area contributed by atoms with E-state index in [-0.39, 0.29) is 6.54 Å². The van der Waals surface area contributed by atoms with Crippen molar-refractivity contribution in [1.82, 2.24) is 10.2 Å². The van der Waals surface area contributed by atoms with Gasteiger partial charge >= 0.3 is 12.0 Å². The van der Waals surface area contributed by atoms with Crippen LogP contribution in [0.25, 0.3) is 0 Å². The van der Waals surface area contributed by atoms with Crippen molar-refractivity contribution in [3.63, 3.8) is 0 Å². The number of hydrogen-bond acceptors (Lipinski definition) is 4. The third kappa shape index (κ3) is 10.1. The second-order valence-corrected chi connectivity index (χ2v) is 4.74. The number of hydrogen-bond donors (Lipinski definition) is 3. The number of nitrogens with two attached hydrogens (primary N) is 1. The Morgan fingerprint density at radius 3 is 2.40 bits per heavy atom. The van der Waals surface area contributed by atoms with Gasteiger partial charge in [0.05, 0.1) is 6.61 Å². The number of carbonyl (C=O) groups is 3. The van der Waals surface area contributed by atoms with E-state index in [4.69, 9.17) is 15.6 Å². The molecule has 0 unspecified atom stereocenters. The minimum atomic E-state index is -1.21. The lowest BCUT2D eigenvalue weighted by atomic mass is 10.1. The van der Waals surface area contributed by atoms with Gasteiger partial charge in [0, 0.05) is 13.2 Å². The SMILES string of the molecule is CC(C)CCOCCNC(=O)N(CC(N)=O)CC(=O)O. The van der Waals surface area contributed by atoms with Gasteiger partial charge in [0.15, 0.2) is 0 Å². The highest BCUT2D eigenvalue weighted by atomic mass is 16.5. The van der Waals surface area contributed by atoms with Gasteiger partial charge in [-0.15, -0.1) is 0 Å². The number of ether oxygens (including phenoxy) is 1. The van der Waals surface area contributed by atoms with Crippen LogP contribution in [0.5, 0.6) is 0 Å². The number of nitrogens with zero attached hydrogens (tertiary/aromatic N) is 1. The Bertz CT molecular complexity index is 317. The normalized spacial score (nSPS) is 10.3. The van der Waals surface area contributed by atoms with Gasteiger partial charge in [-0.25, -0.2) is 4.79 Å². The summed E-state index contributed by atoms with van der Waals surface area (Å²) in [6, 6.07) is -0.654. The highest BCUT2D eigenvalue weighted by Crippen LogP contribution is 1.98. The molecule has 116 valence electrons. The van der Waals surface area contributed by atoms with Crippen LogP contribution in [0.15, 0.2) is 0 Å². The first-order valence-electron chi connectivity index (χ1n) is 6.43. The number of carboxylic acids is 1. The van der Waals surface area contributed by atoms with Crippen molar-refractivity contribution in [2.45, 2.75) is 20.3 Å². The molecule has 8 heteroatoms. The summed E-state index contributed by atoms with van der Waals surface area (Å²) in [5.41, 5.74) is 4.95. The van der Waals surface area contributed by atoms with Crippen LogP contribution in [0.1, 0.15) is 20.3 Å². The van der Waals surface area contributed by atoms with Crippen molar-refractivity contribution in [1.29, 1.82) is 0 Å². The van der Waals surface area contributed by atoms with Crippen molar-refractivity contribution in [2.75, 3.05) is 32.8 Å². The lowest BCUT2D eigenvalue weighted by Gasteiger charge is -2.19. The fourth-order valence-electron chi connectivity index (χ4n) is 1.31. The van der Waals surface area contributed by atoms with E-state index in [9.17, 15) is 14.4 Å². The maximum atomic E-state index is 11.6. The van der Waals surface area contributed by atoms with Crippen molar-refractivity contribution >= 4 is 17.9 Å². The Balaban J connectivity index is 3.94. The molecule has 0 aliphatic heterocycles. The monoisotopic (exact) mass is 289 g/mol. The third-order valence-corrected chi connectivity index (χ3v) is 2.32. The Morgan fingerprint density at radius 2 is 1.90 bits per heavy atom. The highest BCUT2D eigenvalue weighted by molar-refractivity contribution is 5.85. The molecule has 0 saturated heterocycles.